The van der Waals surface area contributed by atoms with Crippen molar-refractivity contribution in [2.24, 2.45) is 0 Å². The van der Waals surface area contributed by atoms with Gasteiger partial charge >= 0.3 is 0 Å². The van der Waals surface area contributed by atoms with E-state index >= 15 is 0 Å². The van der Waals surface area contributed by atoms with Gasteiger partial charge in [-0.15, -0.1) is 11.8 Å². The molecule has 0 bridgehead atoms. The van der Waals surface area contributed by atoms with Crippen molar-refractivity contribution in [2.75, 3.05) is 12.4 Å². The van der Waals surface area contributed by atoms with Crippen LogP contribution in [0.15, 0.2) is 47.4 Å². The van der Waals surface area contributed by atoms with E-state index in [4.69, 9.17) is 27.9 Å². The van der Waals surface area contributed by atoms with Crippen LogP contribution in [0.4, 0.5) is 5.69 Å². The summed E-state index contributed by atoms with van der Waals surface area (Å²) in [5, 5.41) is 3.56. The second-order valence-electron chi connectivity index (χ2n) is 4.50. The number of thioether (sulfide) groups is 1. The van der Waals surface area contributed by atoms with Crippen LogP contribution in [0.1, 0.15) is 6.92 Å². The van der Waals surface area contributed by atoms with Crippen molar-refractivity contribution in [1.29, 1.82) is 0 Å². The number of carbonyl (C=O) groups is 1. The minimum atomic E-state index is -0.359. The van der Waals surface area contributed by atoms with Gasteiger partial charge in [-0.3, -0.25) is 4.79 Å². The fourth-order valence-corrected chi connectivity index (χ4v) is 3.35. The molecule has 0 saturated carbocycles. The average molecular weight is 356 g/mol. The molecule has 0 aliphatic heterocycles. The Morgan fingerprint density at radius 2 is 1.77 bits per heavy atom. The highest BCUT2D eigenvalue weighted by molar-refractivity contribution is 8.00. The first kappa shape index (κ1) is 17.0. The quantitative estimate of drug-likeness (QED) is 0.756. The van der Waals surface area contributed by atoms with Gasteiger partial charge in [0, 0.05) is 4.90 Å². The van der Waals surface area contributed by atoms with Gasteiger partial charge in [-0.25, -0.2) is 0 Å². The third kappa shape index (κ3) is 4.09. The Kier molecular flexibility index (Phi) is 6.00. The zero-order valence-electron chi connectivity index (χ0n) is 12.1. The van der Waals surface area contributed by atoms with E-state index in [1.807, 2.05) is 12.1 Å². The highest BCUT2D eigenvalue weighted by Gasteiger charge is 2.19. The normalized spacial score (nSPS) is 11.8. The van der Waals surface area contributed by atoms with Crippen LogP contribution in [0.3, 0.4) is 0 Å². The van der Waals surface area contributed by atoms with Gasteiger partial charge in [0.15, 0.2) is 0 Å². The maximum atomic E-state index is 12.3. The maximum Gasteiger partial charge on any atom is 0.237 e. The zero-order valence-corrected chi connectivity index (χ0v) is 14.4. The van der Waals surface area contributed by atoms with E-state index in [0.717, 1.165) is 0 Å². The number of ether oxygens (including phenoxy) is 1. The number of halogens is 2. The highest BCUT2D eigenvalue weighted by atomic mass is 35.5. The maximum absolute atomic E-state index is 12.3. The molecule has 1 atom stereocenters. The first-order valence-electron chi connectivity index (χ1n) is 6.57. The number of benzene rings is 2. The SMILES string of the molecule is COc1ccccc1NC(=O)[C@@H](C)Sc1c(Cl)cccc1Cl. The Bertz CT molecular complexity index is 659. The highest BCUT2D eigenvalue weighted by Crippen LogP contribution is 2.36. The Morgan fingerprint density at radius 3 is 2.41 bits per heavy atom. The van der Waals surface area contributed by atoms with Crippen molar-refractivity contribution in [3.05, 3.63) is 52.5 Å². The van der Waals surface area contributed by atoms with Gasteiger partial charge in [0.25, 0.3) is 0 Å². The van der Waals surface area contributed by atoms with E-state index in [9.17, 15) is 4.79 Å². The van der Waals surface area contributed by atoms with Crippen LogP contribution in [0.25, 0.3) is 0 Å². The molecule has 0 fully saturated rings. The third-order valence-corrected chi connectivity index (χ3v) is 5.04. The van der Waals surface area contributed by atoms with Crippen LogP contribution in [0, 0.1) is 0 Å². The fourth-order valence-electron chi connectivity index (χ4n) is 1.81. The number of para-hydroxylation sites is 2. The molecular weight excluding hydrogens is 341 g/mol. The molecule has 2 aromatic rings. The summed E-state index contributed by atoms with van der Waals surface area (Å²) in [6.45, 7) is 1.80. The van der Waals surface area contributed by atoms with E-state index in [1.165, 1.54) is 11.8 Å². The Morgan fingerprint density at radius 1 is 1.14 bits per heavy atom. The largest absolute Gasteiger partial charge is 0.495 e. The summed E-state index contributed by atoms with van der Waals surface area (Å²) < 4.78 is 5.22. The molecule has 116 valence electrons. The summed E-state index contributed by atoms with van der Waals surface area (Å²) in [6, 6.07) is 12.5. The molecule has 2 aromatic carbocycles. The van der Waals surface area contributed by atoms with Gasteiger partial charge in [-0.1, -0.05) is 41.4 Å². The van der Waals surface area contributed by atoms with Crippen LogP contribution >= 0.6 is 35.0 Å². The topological polar surface area (TPSA) is 38.3 Å². The number of hydrogen-bond acceptors (Lipinski definition) is 3. The first-order valence-corrected chi connectivity index (χ1v) is 8.21. The lowest BCUT2D eigenvalue weighted by Gasteiger charge is -2.15. The molecular formula is C16H15Cl2NO2S. The molecule has 0 saturated heterocycles. The van der Waals surface area contributed by atoms with Crippen molar-refractivity contribution >= 4 is 46.6 Å². The zero-order chi connectivity index (χ0) is 16.1. The van der Waals surface area contributed by atoms with E-state index in [-0.39, 0.29) is 11.2 Å². The number of amides is 1. The van der Waals surface area contributed by atoms with E-state index in [2.05, 4.69) is 5.32 Å². The molecule has 0 aliphatic carbocycles. The molecule has 0 aliphatic rings. The Hall–Kier alpha value is -1.36. The molecule has 0 heterocycles. The third-order valence-electron chi connectivity index (χ3n) is 2.95. The molecule has 0 aromatic heterocycles. The summed E-state index contributed by atoms with van der Waals surface area (Å²) in [5.41, 5.74) is 0.632. The van der Waals surface area contributed by atoms with Crippen molar-refractivity contribution in [3.63, 3.8) is 0 Å². The summed E-state index contributed by atoms with van der Waals surface area (Å²) in [4.78, 5) is 13.0. The molecule has 22 heavy (non-hydrogen) atoms. The van der Waals surface area contributed by atoms with Crippen molar-refractivity contribution in [2.45, 2.75) is 17.1 Å². The van der Waals surface area contributed by atoms with Crippen molar-refractivity contribution in [1.82, 2.24) is 0 Å². The monoisotopic (exact) mass is 355 g/mol. The number of carbonyl (C=O) groups excluding carboxylic acids is 1. The Balaban J connectivity index is 2.10. The van der Waals surface area contributed by atoms with E-state index in [0.29, 0.717) is 26.4 Å². The number of rotatable bonds is 5. The summed E-state index contributed by atoms with van der Waals surface area (Å²) in [6.07, 6.45) is 0. The van der Waals surface area contributed by atoms with Crippen molar-refractivity contribution < 1.29 is 9.53 Å². The predicted octanol–water partition coefficient (Wildman–Crippen LogP) is 5.12. The molecule has 0 unspecified atom stereocenters. The van der Waals surface area contributed by atoms with Crippen LogP contribution < -0.4 is 10.1 Å². The van der Waals surface area contributed by atoms with Crippen LogP contribution in [-0.4, -0.2) is 18.3 Å². The molecule has 0 spiro atoms. The van der Waals surface area contributed by atoms with Gasteiger partial charge in [0.05, 0.1) is 28.1 Å². The summed E-state index contributed by atoms with van der Waals surface area (Å²) in [5.74, 6) is 0.467. The standard InChI is InChI=1S/C16H15Cl2NO2S/c1-10(22-15-11(17)6-5-7-12(15)18)16(20)19-13-8-3-4-9-14(13)21-2/h3-10H,1-2H3,(H,19,20)/t10-/m1/s1. The predicted molar refractivity (Wildman–Crippen MR) is 93.4 cm³/mol. The lowest BCUT2D eigenvalue weighted by Crippen LogP contribution is -2.22. The number of hydrogen-bond donors (Lipinski definition) is 1. The molecule has 1 amide bonds. The van der Waals surface area contributed by atoms with Gasteiger partial charge in [-0.05, 0) is 31.2 Å². The van der Waals surface area contributed by atoms with Crippen molar-refractivity contribution in [3.8, 4) is 5.75 Å². The lowest BCUT2D eigenvalue weighted by molar-refractivity contribution is -0.115. The second kappa shape index (κ2) is 7.77. The first-order chi connectivity index (χ1) is 10.5. The average Bonchev–Trinajstić information content (AvgIpc) is 2.51. The summed E-state index contributed by atoms with van der Waals surface area (Å²) >= 11 is 13.6. The smallest absolute Gasteiger partial charge is 0.237 e. The van der Waals surface area contributed by atoms with Gasteiger partial charge in [-0.2, -0.15) is 0 Å². The van der Waals surface area contributed by atoms with E-state index in [1.54, 1.807) is 44.4 Å². The Labute approximate surface area is 144 Å². The summed E-state index contributed by atoms with van der Waals surface area (Å²) in [7, 11) is 1.56. The molecule has 1 N–H and O–H groups in total. The number of nitrogens with one attached hydrogen (secondary N) is 1. The lowest BCUT2D eigenvalue weighted by atomic mass is 10.3. The molecule has 0 radical (unpaired) electrons. The minimum absolute atomic E-state index is 0.148. The van der Waals surface area contributed by atoms with Gasteiger partial charge in [0.2, 0.25) is 5.91 Å². The fraction of sp³-hybridized carbons (Fsp3) is 0.188. The van der Waals surface area contributed by atoms with Gasteiger partial charge < -0.3 is 10.1 Å². The molecule has 3 nitrogen and oxygen atoms in total. The van der Waals surface area contributed by atoms with Crippen LogP contribution in [0.2, 0.25) is 10.0 Å². The molecule has 2 rings (SSSR count). The van der Waals surface area contributed by atoms with Gasteiger partial charge in [0.1, 0.15) is 5.75 Å². The van der Waals surface area contributed by atoms with E-state index < -0.39 is 0 Å². The minimum Gasteiger partial charge on any atom is -0.495 e. The number of anilines is 1. The second-order valence-corrected chi connectivity index (χ2v) is 6.67. The molecule has 6 heteroatoms. The van der Waals surface area contributed by atoms with Crippen LogP contribution in [-0.2, 0) is 4.79 Å². The number of methoxy groups -OCH3 is 1. The van der Waals surface area contributed by atoms with Crippen LogP contribution in [0.5, 0.6) is 5.75 Å².